The van der Waals surface area contributed by atoms with Gasteiger partial charge in [0, 0.05) is 12.7 Å². The van der Waals surface area contributed by atoms with Gasteiger partial charge in [0.05, 0.1) is 5.41 Å². The van der Waals surface area contributed by atoms with Crippen LogP contribution in [0.15, 0.2) is 0 Å². The summed E-state index contributed by atoms with van der Waals surface area (Å²) in [5.74, 6) is -0.0674. The zero-order valence-corrected chi connectivity index (χ0v) is 14.1. The highest BCUT2D eigenvalue weighted by Gasteiger charge is 2.42. The minimum Gasteiger partial charge on any atom is -0.480 e. The van der Waals surface area contributed by atoms with E-state index in [1.165, 1.54) is 6.92 Å². The van der Waals surface area contributed by atoms with Crippen molar-refractivity contribution in [1.29, 1.82) is 0 Å². The van der Waals surface area contributed by atoms with Crippen molar-refractivity contribution in [3.05, 3.63) is 0 Å². The summed E-state index contributed by atoms with van der Waals surface area (Å²) in [6.45, 7) is 1.49. The topological polar surface area (TPSA) is 83.5 Å². The molecule has 1 atom stereocenters. The summed E-state index contributed by atoms with van der Waals surface area (Å²) in [5, 5.41) is 11.9. The van der Waals surface area contributed by atoms with Crippen LogP contribution in [0.3, 0.4) is 0 Å². The molecule has 7 heteroatoms. The van der Waals surface area contributed by atoms with Crippen LogP contribution in [-0.4, -0.2) is 45.9 Å². The maximum Gasteiger partial charge on any atom is 0.326 e. The molecule has 0 aromatic rings. The van der Waals surface area contributed by atoms with E-state index < -0.39 is 17.4 Å². The number of carbonyl (C=O) groups excluding carboxylic acids is 2. The van der Waals surface area contributed by atoms with Gasteiger partial charge in [0.25, 0.3) is 0 Å². The molecule has 0 bridgehead atoms. The van der Waals surface area contributed by atoms with Gasteiger partial charge in [0.1, 0.15) is 6.04 Å². The average Bonchev–Trinajstić information content (AvgIpc) is 2.90. The van der Waals surface area contributed by atoms with Gasteiger partial charge in [-0.15, -0.1) is 0 Å². The van der Waals surface area contributed by atoms with Gasteiger partial charge in [-0.1, -0.05) is 24.6 Å². The molecule has 0 radical (unpaired) electrons. The molecule has 0 aromatic carbocycles. The van der Waals surface area contributed by atoms with Crippen molar-refractivity contribution in [2.45, 2.75) is 45.1 Å². The summed E-state index contributed by atoms with van der Waals surface area (Å²) in [4.78, 5) is 35.0. The van der Waals surface area contributed by atoms with Gasteiger partial charge in [0.15, 0.2) is 5.12 Å². The first-order valence-electron chi connectivity index (χ1n) is 7.07. The van der Waals surface area contributed by atoms with Crippen molar-refractivity contribution in [2.24, 2.45) is 5.41 Å². The molecular weight excluding hydrogens is 310 g/mol. The van der Waals surface area contributed by atoms with E-state index in [2.05, 4.69) is 5.32 Å². The predicted molar refractivity (Wildman–Crippen MR) is 86.6 cm³/mol. The second-order valence-corrected chi connectivity index (χ2v) is 7.55. The monoisotopic (exact) mass is 333 g/mol. The predicted octanol–water partition coefficient (Wildman–Crippen LogP) is 2.15. The second-order valence-electron chi connectivity index (χ2n) is 5.41. The molecule has 0 unspecified atom stereocenters. The Morgan fingerprint density at radius 3 is 2.38 bits per heavy atom. The van der Waals surface area contributed by atoms with Crippen LogP contribution in [0.4, 0.5) is 0 Å². The lowest BCUT2D eigenvalue weighted by atomic mass is 9.87. The fourth-order valence-electron chi connectivity index (χ4n) is 2.53. The highest BCUT2D eigenvalue weighted by molar-refractivity contribution is 8.13. The molecule has 1 fully saturated rings. The molecule has 1 amide bonds. The third-order valence-corrected chi connectivity index (χ3v) is 5.56. The number of hydrogen-bond acceptors (Lipinski definition) is 5. The maximum atomic E-state index is 12.6. The summed E-state index contributed by atoms with van der Waals surface area (Å²) in [6, 6.07) is -0.843. The Bertz CT molecular complexity index is 394. The molecule has 0 aromatic heterocycles. The Morgan fingerprint density at radius 2 is 1.90 bits per heavy atom. The van der Waals surface area contributed by atoms with Crippen LogP contribution in [0.1, 0.15) is 39.0 Å². The van der Waals surface area contributed by atoms with Gasteiger partial charge in [-0.2, -0.15) is 11.8 Å². The Morgan fingerprint density at radius 1 is 1.29 bits per heavy atom. The molecular formula is C14H23NO4S2. The number of nitrogens with one attached hydrogen (secondary N) is 1. The van der Waals surface area contributed by atoms with E-state index in [1.54, 1.807) is 11.8 Å². The van der Waals surface area contributed by atoms with Crippen molar-refractivity contribution in [3.8, 4) is 0 Å². The van der Waals surface area contributed by atoms with Gasteiger partial charge < -0.3 is 10.4 Å². The molecule has 120 valence electrons. The number of hydrogen-bond donors (Lipinski definition) is 2. The van der Waals surface area contributed by atoms with E-state index in [1.807, 2.05) is 6.26 Å². The zero-order chi connectivity index (χ0) is 15.9. The largest absolute Gasteiger partial charge is 0.480 e. The number of rotatable bonds is 8. The summed E-state index contributed by atoms with van der Waals surface area (Å²) in [7, 11) is 0. The number of aliphatic carboxylic acids is 1. The quantitative estimate of drug-likeness (QED) is 0.708. The van der Waals surface area contributed by atoms with Gasteiger partial charge >= 0.3 is 5.97 Å². The first-order valence-corrected chi connectivity index (χ1v) is 9.45. The molecule has 0 saturated heterocycles. The maximum absolute atomic E-state index is 12.6. The summed E-state index contributed by atoms with van der Waals surface area (Å²) in [5.41, 5.74) is -0.580. The normalized spacial score (nSPS) is 18.2. The van der Waals surface area contributed by atoms with Crippen molar-refractivity contribution < 1.29 is 19.5 Å². The van der Waals surface area contributed by atoms with Crippen molar-refractivity contribution >= 4 is 40.5 Å². The minimum atomic E-state index is -0.996. The van der Waals surface area contributed by atoms with Crippen molar-refractivity contribution in [2.75, 3.05) is 17.8 Å². The van der Waals surface area contributed by atoms with E-state index in [0.29, 0.717) is 17.9 Å². The Hall–Kier alpha value is -0.690. The van der Waals surface area contributed by atoms with Gasteiger partial charge in [-0.25, -0.2) is 4.79 Å². The standard InChI is InChI=1S/C14H23NO4S2/c1-10(16)21-9-14(6-3-4-7-14)13(19)15-11(12(17)18)5-8-20-2/h11H,3-9H2,1-2H3,(H,15,19)(H,17,18)/t11-/m0/s1. The van der Waals surface area contributed by atoms with Crippen LogP contribution in [0, 0.1) is 5.41 Å². The highest BCUT2D eigenvalue weighted by atomic mass is 32.2. The summed E-state index contributed by atoms with van der Waals surface area (Å²) in [6.07, 6.45) is 5.69. The summed E-state index contributed by atoms with van der Waals surface area (Å²) >= 11 is 2.71. The molecule has 5 nitrogen and oxygen atoms in total. The third-order valence-electron chi connectivity index (χ3n) is 3.81. The van der Waals surface area contributed by atoms with Crippen LogP contribution < -0.4 is 5.32 Å². The number of carbonyl (C=O) groups is 3. The SMILES string of the molecule is CSCC[C@H](NC(=O)C1(CSC(C)=O)CCCC1)C(=O)O. The molecule has 0 aliphatic heterocycles. The third kappa shape index (κ3) is 5.54. The molecule has 0 spiro atoms. The molecule has 1 saturated carbocycles. The smallest absolute Gasteiger partial charge is 0.326 e. The summed E-state index contributed by atoms with van der Waals surface area (Å²) < 4.78 is 0. The van der Waals surface area contributed by atoms with Crippen molar-refractivity contribution in [1.82, 2.24) is 5.32 Å². The number of carboxylic acid groups (broad SMARTS) is 1. The fourth-order valence-corrected chi connectivity index (χ4v) is 3.90. The Balaban J connectivity index is 2.71. The van der Waals surface area contributed by atoms with E-state index in [0.717, 1.165) is 37.4 Å². The zero-order valence-electron chi connectivity index (χ0n) is 12.5. The Labute approximate surface area is 134 Å². The lowest BCUT2D eigenvalue weighted by Gasteiger charge is -2.28. The van der Waals surface area contributed by atoms with Crippen LogP contribution in [-0.2, 0) is 14.4 Å². The van der Waals surface area contributed by atoms with Gasteiger partial charge in [0.2, 0.25) is 5.91 Å². The lowest BCUT2D eigenvalue weighted by molar-refractivity contribution is -0.143. The molecule has 1 aliphatic rings. The molecule has 1 rings (SSSR count). The molecule has 21 heavy (non-hydrogen) atoms. The van der Waals surface area contributed by atoms with Crippen LogP contribution in [0.25, 0.3) is 0 Å². The first kappa shape index (κ1) is 18.4. The van der Waals surface area contributed by atoms with E-state index in [9.17, 15) is 19.5 Å². The highest BCUT2D eigenvalue weighted by Crippen LogP contribution is 2.41. The van der Waals surface area contributed by atoms with Crippen LogP contribution in [0.2, 0.25) is 0 Å². The first-order chi connectivity index (χ1) is 9.91. The van der Waals surface area contributed by atoms with E-state index in [4.69, 9.17) is 0 Å². The average molecular weight is 333 g/mol. The van der Waals surface area contributed by atoms with E-state index >= 15 is 0 Å². The fraction of sp³-hybridized carbons (Fsp3) is 0.786. The van der Waals surface area contributed by atoms with E-state index in [-0.39, 0.29) is 11.0 Å². The number of amides is 1. The van der Waals surface area contributed by atoms with Gasteiger partial charge in [-0.05, 0) is 31.3 Å². The number of carboxylic acids is 1. The van der Waals surface area contributed by atoms with Crippen LogP contribution >= 0.6 is 23.5 Å². The second kappa shape index (κ2) is 8.68. The molecule has 2 N–H and O–H groups in total. The molecule has 1 aliphatic carbocycles. The molecule has 0 heterocycles. The van der Waals surface area contributed by atoms with Gasteiger partial charge in [-0.3, -0.25) is 9.59 Å². The Kier molecular flexibility index (Phi) is 7.59. The van der Waals surface area contributed by atoms with Crippen molar-refractivity contribution in [3.63, 3.8) is 0 Å². The minimum absolute atomic E-state index is 0.00811. The lowest BCUT2D eigenvalue weighted by Crippen LogP contribution is -2.49. The number of thioether (sulfide) groups is 2. The van der Waals surface area contributed by atoms with Crippen LogP contribution in [0.5, 0.6) is 0 Å².